The Hall–Kier alpha value is -2.12. The second kappa shape index (κ2) is 8.82. The van der Waals surface area contributed by atoms with Crippen LogP contribution >= 0.6 is 0 Å². The zero-order valence-electron chi connectivity index (χ0n) is 14.6. The van der Waals surface area contributed by atoms with E-state index in [1.807, 2.05) is 35.9 Å². The predicted molar refractivity (Wildman–Crippen MR) is 93.7 cm³/mol. The molecule has 0 radical (unpaired) electrons. The summed E-state index contributed by atoms with van der Waals surface area (Å²) in [6, 6.07) is 7.86. The van der Waals surface area contributed by atoms with Gasteiger partial charge in [0.1, 0.15) is 36.9 Å². The van der Waals surface area contributed by atoms with Crippen molar-refractivity contribution in [3.05, 3.63) is 36.9 Å². The van der Waals surface area contributed by atoms with Crippen LogP contribution in [0.1, 0.15) is 19.8 Å². The maximum Gasteiger partial charge on any atom is 0.137 e. The van der Waals surface area contributed by atoms with Gasteiger partial charge in [0.25, 0.3) is 0 Å². The van der Waals surface area contributed by atoms with E-state index in [9.17, 15) is 5.11 Å². The molecular weight excluding hydrogens is 320 g/mol. The highest BCUT2D eigenvalue weighted by Crippen LogP contribution is 2.20. The van der Waals surface area contributed by atoms with Crippen molar-refractivity contribution in [3.8, 4) is 11.5 Å². The summed E-state index contributed by atoms with van der Waals surface area (Å²) in [6.07, 6.45) is 5.03. The van der Waals surface area contributed by atoms with Crippen LogP contribution in [0.2, 0.25) is 0 Å². The molecule has 2 heterocycles. The van der Waals surface area contributed by atoms with E-state index in [-0.39, 0.29) is 6.61 Å². The van der Waals surface area contributed by atoms with Crippen molar-refractivity contribution in [2.75, 3.05) is 26.3 Å². The van der Waals surface area contributed by atoms with Crippen molar-refractivity contribution in [3.63, 3.8) is 0 Å². The molecule has 1 aliphatic heterocycles. The highest BCUT2D eigenvalue weighted by atomic mass is 16.5. The van der Waals surface area contributed by atoms with Crippen LogP contribution in [0.15, 0.2) is 36.9 Å². The summed E-state index contributed by atoms with van der Waals surface area (Å²) < 4.78 is 13.0. The van der Waals surface area contributed by atoms with Gasteiger partial charge in [0, 0.05) is 12.6 Å². The molecule has 7 nitrogen and oxygen atoms in total. The molecule has 0 unspecified atom stereocenters. The van der Waals surface area contributed by atoms with Gasteiger partial charge in [-0.3, -0.25) is 9.58 Å². The zero-order chi connectivity index (χ0) is 17.5. The summed E-state index contributed by atoms with van der Waals surface area (Å²) in [7, 11) is 0. The van der Waals surface area contributed by atoms with E-state index in [1.165, 1.54) is 0 Å². The largest absolute Gasteiger partial charge is 0.494 e. The normalized spacial score (nSPS) is 19.0. The number of aliphatic hydroxyl groups excluding tert-OH is 1. The van der Waals surface area contributed by atoms with Gasteiger partial charge < -0.3 is 14.6 Å². The van der Waals surface area contributed by atoms with E-state index < -0.39 is 6.10 Å². The molecule has 2 atom stereocenters. The molecule has 1 fully saturated rings. The maximum atomic E-state index is 10.3. The van der Waals surface area contributed by atoms with Gasteiger partial charge >= 0.3 is 0 Å². The van der Waals surface area contributed by atoms with Gasteiger partial charge in [-0.05, 0) is 50.6 Å². The summed E-state index contributed by atoms with van der Waals surface area (Å²) in [4.78, 5) is 6.30. The fourth-order valence-corrected chi connectivity index (χ4v) is 3.20. The lowest BCUT2D eigenvalue weighted by molar-refractivity contribution is 0.0609. The van der Waals surface area contributed by atoms with E-state index in [1.54, 1.807) is 12.7 Å². The van der Waals surface area contributed by atoms with Crippen molar-refractivity contribution in [2.45, 2.75) is 38.5 Å². The lowest BCUT2D eigenvalue weighted by Crippen LogP contribution is -2.40. The van der Waals surface area contributed by atoms with Crippen LogP contribution in [0.4, 0.5) is 0 Å². The summed E-state index contributed by atoms with van der Waals surface area (Å²) in [5.41, 5.74) is 0. The van der Waals surface area contributed by atoms with Gasteiger partial charge in [-0.1, -0.05) is 0 Å². The number of aromatic nitrogens is 3. The van der Waals surface area contributed by atoms with Gasteiger partial charge in [-0.25, -0.2) is 4.98 Å². The van der Waals surface area contributed by atoms with Crippen molar-refractivity contribution < 1.29 is 14.6 Å². The van der Waals surface area contributed by atoms with Crippen LogP contribution in [0, 0.1) is 0 Å². The van der Waals surface area contributed by atoms with Crippen LogP contribution in [-0.4, -0.2) is 63.2 Å². The van der Waals surface area contributed by atoms with E-state index in [2.05, 4.69) is 15.0 Å². The minimum atomic E-state index is -0.525. The van der Waals surface area contributed by atoms with Gasteiger partial charge in [-0.15, -0.1) is 0 Å². The van der Waals surface area contributed by atoms with E-state index in [0.29, 0.717) is 19.2 Å². The molecule has 1 N–H and O–H groups in total. The van der Waals surface area contributed by atoms with E-state index in [4.69, 9.17) is 9.47 Å². The van der Waals surface area contributed by atoms with Crippen molar-refractivity contribution in [1.82, 2.24) is 19.7 Å². The van der Waals surface area contributed by atoms with Gasteiger partial charge in [0.2, 0.25) is 0 Å². The van der Waals surface area contributed by atoms with Gasteiger partial charge in [-0.2, -0.15) is 5.10 Å². The number of β-amino-alcohol motifs (C(OH)–C–C–N with tert-alkyl or cyclic N) is 1. The molecule has 1 aromatic heterocycles. The Morgan fingerprint density at radius 1 is 1.24 bits per heavy atom. The maximum absolute atomic E-state index is 10.3. The topological polar surface area (TPSA) is 72.6 Å². The summed E-state index contributed by atoms with van der Waals surface area (Å²) >= 11 is 0. The number of nitrogens with zero attached hydrogens (tertiary/aromatic N) is 4. The number of benzene rings is 1. The molecule has 1 aromatic carbocycles. The van der Waals surface area contributed by atoms with Crippen molar-refractivity contribution in [2.24, 2.45) is 0 Å². The second-order valence-corrected chi connectivity index (χ2v) is 6.28. The number of hydrogen-bond acceptors (Lipinski definition) is 6. The molecule has 0 saturated carbocycles. The average Bonchev–Trinajstić information content (AvgIpc) is 3.28. The van der Waals surface area contributed by atoms with Crippen LogP contribution in [-0.2, 0) is 6.54 Å². The van der Waals surface area contributed by atoms with Crippen LogP contribution in [0.25, 0.3) is 0 Å². The molecule has 3 rings (SSSR count). The first-order valence-electron chi connectivity index (χ1n) is 8.84. The number of likely N-dealkylation sites (tertiary alicyclic amines) is 1. The quantitative estimate of drug-likeness (QED) is 0.743. The van der Waals surface area contributed by atoms with Gasteiger partial charge in [0.05, 0.1) is 13.2 Å². The molecule has 25 heavy (non-hydrogen) atoms. The first-order chi connectivity index (χ1) is 12.2. The monoisotopic (exact) mass is 346 g/mol. The smallest absolute Gasteiger partial charge is 0.137 e. The van der Waals surface area contributed by atoms with Crippen LogP contribution < -0.4 is 9.47 Å². The third-order valence-corrected chi connectivity index (χ3v) is 4.39. The molecular formula is C18H26N4O3. The summed E-state index contributed by atoms with van der Waals surface area (Å²) in [5.74, 6) is 1.56. The fraction of sp³-hybridized carbons (Fsp3) is 0.556. The van der Waals surface area contributed by atoms with Crippen molar-refractivity contribution >= 4 is 0 Å². The average molecular weight is 346 g/mol. The Balaban J connectivity index is 1.44. The highest BCUT2D eigenvalue weighted by molar-refractivity contribution is 5.31. The molecule has 0 amide bonds. The molecule has 1 aliphatic rings. The Bertz CT molecular complexity index is 618. The van der Waals surface area contributed by atoms with Crippen LogP contribution in [0.3, 0.4) is 0 Å². The number of aliphatic hydroxyl groups is 1. The van der Waals surface area contributed by atoms with E-state index in [0.717, 1.165) is 37.4 Å². The molecule has 1 saturated heterocycles. The lowest BCUT2D eigenvalue weighted by Gasteiger charge is -2.26. The van der Waals surface area contributed by atoms with Crippen molar-refractivity contribution in [1.29, 1.82) is 0 Å². The van der Waals surface area contributed by atoms with Crippen LogP contribution in [0.5, 0.6) is 11.5 Å². The van der Waals surface area contributed by atoms with E-state index >= 15 is 0 Å². The standard InChI is InChI=1S/C18H26N4O3/c1-2-24-17-5-7-18(8-6-17)25-12-16(23)11-21-9-3-4-15(21)10-22-14-19-13-20-22/h5-8,13-16,23H,2-4,9-12H2,1H3/t15-,16+/m1/s1. The Morgan fingerprint density at radius 3 is 2.68 bits per heavy atom. The molecule has 2 aromatic rings. The zero-order valence-corrected chi connectivity index (χ0v) is 14.6. The molecule has 136 valence electrons. The molecule has 0 aliphatic carbocycles. The third-order valence-electron chi connectivity index (χ3n) is 4.39. The molecule has 0 spiro atoms. The summed E-state index contributed by atoms with van der Waals surface area (Å²) in [6.45, 7) is 5.29. The van der Waals surface area contributed by atoms with Gasteiger partial charge in [0.15, 0.2) is 0 Å². The number of rotatable bonds is 9. The Morgan fingerprint density at radius 2 is 2.00 bits per heavy atom. The summed E-state index contributed by atoms with van der Waals surface area (Å²) in [5, 5.41) is 14.5. The first kappa shape index (κ1) is 17.7. The minimum Gasteiger partial charge on any atom is -0.494 e. The first-order valence-corrected chi connectivity index (χ1v) is 8.84. The number of hydrogen-bond donors (Lipinski definition) is 1. The lowest BCUT2D eigenvalue weighted by atomic mass is 10.2. The molecule has 0 bridgehead atoms. The Kier molecular flexibility index (Phi) is 6.25. The molecule has 7 heteroatoms. The second-order valence-electron chi connectivity index (χ2n) is 6.28. The predicted octanol–water partition coefficient (Wildman–Crippen LogP) is 1.58. The fourth-order valence-electron chi connectivity index (χ4n) is 3.20. The minimum absolute atomic E-state index is 0.278. The number of ether oxygens (including phenoxy) is 2. The highest BCUT2D eigenvalue weighted by Gasteiger charge is 2.26. The third kappa shape index (κ3) is 5.17. The Labute approximate surface area is 148 Å². The SMILES string of the molecule is CCOc1ccc(OC[C@@H](O)CN2CCC[C@@H]2Cn2cncn2)cc1.